The van der Waals surface area contributed by atoms with Crippen molar-refractivity contribution in [1.29, 1.82) is 0 Å². The maximum absolute atomic E-state index is 14.8. The second-order valence-corrected chi connectivity index (χ2v) is 10.1. The summed E-state index contributed by atoms with van der Waals surface area (Å²) >= 11 is 0. The topological polar surface area (TPSA) is 71.5 Å². The first-order chi connectivity index (χ1) is 13.3. The fourth-order valence-electron chi connectivity index (χ4n) is 3.73. The highest BCUT2D eigenvalue weighted by atomic mass is 32.3. The zero-order valence-electron chi connectivity index (χ0n) is 14.2. The smallest absolute Gasteiger partial charge is 0.203 e. The van der Waals surface area contributed by atoms with Gasteiger partial charge in [-0.25, -0.2) is 16.8 Å². The van der Waals surface area contributed by atoms with Gasteiger partial charge in [0.25, 0.3) is 20.0 Å². The minimum Gasteiger partial charge on any atom is -0.203 e. The van der Waals surface area contributed by atoms with E-state index in [1.165, 1.54) is 12.1 Å². The predicted molar refractivity (Wildman–Crippen MR) is 104 cm³/mol. The van der Waals surface area contributed by atoms with E-state index >= 15 is 0 Å². The molecule has 140 valence electrons. The van der Waals surface area contributed by atoms with Crippen LogP contribution in [0, 0.1) is 0 Å². The van der Waals surface area contributed by atoms with Crippen molar-refractivity contribution in [3.63, 3.8) is 0 Å². The van der Waals surface area contributed by atoms with Gasteiger partial charge in [-0.15, -0.1) is 4.48 Å². The van der Waals surface area contributed by atoms with E-state index in [9.17, 15) is 21.3 Å². The van der Waals surface area contributed by atoms with Crippen molar-refractivity contribution in [2.45, 2.75) is 9.79 Å². The summed E-state index contributed by atoms with van der Waals surface area (Å²) in [6.45, 7) is 0. The molecule has 0 atom stereocenters. The fourth-order valence-corrected chi connectivity index (χ4v) is 6.98. The van der Waals surface area contributed by atoms with Crippen LogP contribution in [-0.2, 0) is 20.0 Å². The van der Waals surface area contributed by atoms with Crippen molar-refractivity contribution in [2.75, 3.05) is 0 Å². The number of rotatable bonds is 0. The van der Waals surface area contributed by atoms with Gasteiger partial charge in [-0.3, -0.25) is 0 Å². The lowest BCUT2D eigenvalue weighted by molar-refractivity contribution is 0.251. The Morgan fingerprint density at radius 1 is 0.571 bits per heavy atom. The number of benzene rings is 4. The number of nitrogens with zero attached hydrogens (tertiary/aromatic N) is 1. The zero-order chi connectivity index (χ0) is 19.7. The summed E-state index contributed by atoms with van der Waals surface area (Å²) in [5, 5.41) is 2.51. The molecule has 0 fully saturated rings. The zero-order valence-corrected chi connectivity index (χ0v) is 15.8. The van der Waals surface area contributed by atoms with E-state index in [1.807, 2.05) is 0 Å². The highest BCUT2D eigenvalue weighted by molar-refractivity contribution is 8.04. The van der Waals surface area contributed by atoms with Crippen molar-refractivity contribution in [3.8, 4) is 11.1 Å². The molecule has 0 spiro atoms. The SMILES string of the molecule is O=S1(=O)c2ccc3ccccc3c2-c2c(ccc3ccccc23)S(=O)(=O)N1F. The molecule has 5 rings (SSSR count). The summed E-state index contributed by atoms with van der Waals surface area (Å²) in [5.74, 6) is 0. The second kappa shape index (κ2) is 5.60. The molecule has 0 aliphatic carbocycles. The van der Waals surface area contributed by atoms with Gasteiger partial charge >= 0.3 is 0 Å². The molecule has 8 heteroatoms. The molecule has 1 heterocycles. The first kappa shape index (κ1) is 17.3. The van der Waals surface area contributed by atoms with Crippen LogP contribution in [-0.4, -0.2) is 20.8 Å². The lowest BCUT2D eigenvalue weighted by atomic mass is 9.94. The van der Waals surface area contributed by atoms with Crippen LogP contribution in [0.2, 0.25) is 0 Å². The van der Waals surface area contributed by atoms with Gasteiger partial charge in [0.15, 0.2) is 0 Å². The molecule has 4 aromatic rings. The molecule has 0 unspecified atom stereocenters. The molecule has 0 saturated heterocycles. The van der Waals surface area contributed by atoms with Crippen LogP contribution in [0.5, 0.6) is 0 Å². The van der Waals surface area contributed by atoms with Crippen molar-refractivity contribution >= 4 is 41.6 Å². The van der Waals surface area contributed by atoms with E-state index in [1.54, 1.807) is 60.7 Å². The largest absolute Gasteiger partial charge is 0.284 e. The molecule has 0 radical (unpaired) electrons. The van der Waals surface area contributed by atoms with Crippen LogP contribution in [0.4, 0.5) is 4.48 Å². The normalized spacial score (nSPS) is 17.8. The van der Waals surface area contributed by atoms with Gasteiger partial charge in [-0.2, -0.15) is 0 Å². The summed E-state index contributed by atoms with van der Waals surface area (Å²) in [7, 11) is -9.83. The summed E-state index contributed by atoms with van der Waals surface area (Å²) in [6.07, 6.45) is 0. The third-order valence-corrected chi connectivity index (χ3v) is 8.69. The van der Waals surface area contributed by atoms with E-state index in [0.717, 1.165) is 10.8 Å². The minimum atomic E-state index is -4.91. The summed E-state index contributed by atoms with van der Waals surface area (Å²) in [6, 6.07) is 19.6. The molecule has 0 bridgehead atoms. The third kappa shape index (κ3) is 2.13. The number of halogens is 1. The van der Waals surface area contributed by atoms with E-state index in [-0.39, 0.29) is 20.9 Å². The van der Waals surface area contributed by atoms with Crippen molar-refractivity contribution in [1.82, 2.24) is 3.93 Å². The van der Waals surface area contributed by atoms with Gasteiger partial charge in [-0.1, -0.05) is 60.7 Å². The minimum absolute atomic E-state index is 0.189. The summed E-state index contributed by atoms with van der Waals surface area (Å²) in [4.78, 5) is -0.764. The van der Waals surface area contributed by atoms with Gasteiger partial charge in [0.1, 0.15) is 0 Å². The van der Waals surface area contributed by atoms with Crippen molar-refractivity contribution in [2.24, 2.45) is 0 Å². The summed E-state index contributed by atoms with van der Waals surface area (Å²) in [5.41, 5.74) is 0.377. The number of fused-ring (bicyclic) bond motifs is 7. The molecule has 1 aliphatic heterocycles. The Labute approximate surface area is 160 Å². The molecule has 0 aromatic heterocycles. The van der Waals surface area contributed by atoms with Crippen LogP contribution in [0.1, 0.15) is 0 Å². The monoisotopic (exact) mass is 413 g/mol. The Kier molecular flexibility index (Phi) is 3.46. The molecule has 0 amide bonds. The van der Waals surface area contributed by atoms with Gasteiger partial charge in [0.05, 0.1) is 13.7 Å². The molecule has 1 aliphatic rings. The highest BCUT2D eigenvalue weighted by Gasteiger charge is 2.44. The molecule has 0 N–H and O–H groups in total. The average Bonchev–Trinajstić information content (AvgIpc) is 2.75. The van der Waals surface area contributed by atoms with Crippen molar-refractivity contribution < 1.29 is 21.3 Å². The van der Waals surface area contributed by atoms with E-state index < -0.39 is 24.0 Å². The number of hydrogen-bond acceptors (Lipinski definition) is 4. The molecule has 4 aromatic carbocycles. The molecular weight excluding hydrogens is 401 g/mol. The Hall–Kier alpha value is -2.81. The molecular formula is C20H12FNO4S2. The fraction of sp³-hybridized carbons (Fsp3) is 0. The van der Waals surface area contributed by atoms with Crippen LogP contribution in [0.25, 0.3) is 32.7 Å². The molecule has 5 nitrogen and oxygen atoms in total. The lowest BCUT2D eigenvalue weighted by Gasteiger charge is -2.14. The Morgan fingerprint density at radius 3 is 1.39 bits per heavy atom. The third-order valence-electron chi connectivity index (χ3n) is 4.97. The van der Waals surface area contributed by atoms with Crippen LogP contribution < -0.4 is 0 Å². The Morgan fingerprint density at radius 2 is 0.964 bits per heavy atom. The van der Waals surface area contributed by atoms with Gasteiger partial charge in [0.2, 0.25) is 0 Å². The maximum Gasteiger partial charge on any atom is 0.284 e. The number of hydrogen-bond donors (Lipinski definition) is 0. The van der Waals surface area contributed by atoms with E-state index in [4.69, 9.17) is 0 Å². The van der Waals surface area contributed by atoms with Gasteiger partial charge in [0, 0.05) is 11.1 Å². The second-order valence-electron chi connectivity index (χ2n) is 6.48. The Bertz CT molecular complexity index is 1400. The summed E-state index contributed by atoms with van der Waals surface area (Å²) < 4.78 is 65.2. The van der Waals surface area contributed by atoms with Gasteiger partial charge < -0.3 is 0 Å². The number of sulfonamides is 2. The van der Waals surface area contributed by atoms with Crippen LogP contribution in [0.3, 0.4) is 0 Å². The maximum atomic E-state index is 14.8. The predicted octanol–water partition coefficient (Wildman–Crippen LogP) is 4.24. The van der Waals surface area contributed by atoms with Crippen LogP contribution >= 0.6 is 0 Å². The van der Waals surface area contributed by atoms with E-state index in [0.29, 0.717) is 10.8 Å². The first-order valence-corrected chi connectivity index (χ1v) is 11.2. The van der Waals surface area contributed by atoms with Crippen molar-refractivity contribution in [3.05, 3.63) is 72.8 Å². The lowest BCUT2D eigenvalue weighted by Crippen LogP contribution is -2.28. The molecule has 28 heavy (non-hydrogen) atoms. The quantitative estimate of drug-likeness (QED) is 0.404. The van der Waals surface area contributed by atoms with Crippen LogP contribution in [0.15, 0.2) is 82.6 Å². The molecule has 0 saturated carbocycles. The first-order valence-electron chi connectivity index (χ1n) is 8.34. The average molecular weight is 413 g/mol. The van der Waals surface area contributed by atoms with Gasteiger partial charge in [-0.05, 0) is 33.7 Å². The van der Waals surface area contributed by atoms with E-state index in [2.05, 4.69) is 0 Å². The Balaban J connectivity index is 2.16. The highest BCUT2D eigenvalue weighted by Crippen LogP contribution is 2.46. The standard InChI is InChI=1S/C20H12FNO4S2/c21-22-27(23,24)17-11-9-13-5-1-3-7-15(13)19(17)20-16-8-4-2-6-14(16)10-12-18(20)28(22,25)26/h1-12H.